The number of aromatic nitrogens is 3. The molecular formula is C23H23N5O3S. The highest BCUT2D eigenvalue weighted by atomic mass is 32.2. The van der Waals surface area contributed by atoms with Crippen molar-refractivity contribution < 1.29 is 13.2 Å². The van der Waals surface area contributed by atoms with Gasteiger partial charge in [-0.2, -0.15) is 4.31 Å². The molecule has 8 nitrogen and oxygen atoms in total. The van der Waals surface area contributed by atoms with E-state index in [1.807, 2.05) is 35.0 Å². The smallest absolute Gasteiger partial charge is 0.255 e. The molecule has 9 heteroatoms. The number of carbonyl (C=O) groups excluding carboxylic acids is 1. The second-order valence-corrected chi connectivity index (χ2v) is 9.04. The zero-order valence-electron chi connectivity index (χ0n) is 17.8. The minimum Gasteiger partial charge on any atom is -0.322 e. The molecule has 2 aromatic carbocycles. The van der Waals surface area contributed by atoms with Gasteiger partial charge in [0, 0.05) is 48.5 Å². The third kappa shape index (κ3) is 4.25. The number of rotatable bonds is 7. The van der Waals surface area contributed by atoms with Crippen LogP contribution < -0.4 is 5.32 Å². The Hall–Kier alpha value is -3.56. The SMILES string of the molecule is CCN(CC)S(=O)(=O)c1cccc(C(=O)Nc2ccc(-c3cn4cccnc4n3)cc2)c1. The lowest BCUT2D eigenvalue weighted by atomic mass is 10.1. The Balaban J connectivity index is 1.52. The molecule has 0 aliphatic rings. The van der Waals surface area contributed by atoms with E-state index < -0.39 is 10.0 Å². The van der Waals surface area contributed by atoms with Gasteiger partial charge in [-0.3, -0.25) is 9.20 Å². The van der Waals surface area contributed by atoms with Gasteiger partial charge >= 0.3 is 0 Å². The molecule has 2 aromatic heterocycles. The highest BCUT2D eigenvalue weighted by molar-refractivity contribution is 7.89. The number of hydrogen-bond acceptors (Lipinski definition) is 5. The van der Waals surface area contributed by atoms with Gasteiger partial charge in [0.2, 0.25) is 15.8 Å². The first-order valence-electron chi connectivity index (χ1n) is 10.2. The molecule has 0 aliphatic heterocycles. The number of nitrogens with one attached hydrogen (secondary N) is 1. The summed E-state index contributed by atoms with van der Waals surface area (Å²) in [5, 5.41) is 2.81. The lowest BCUT2D eigenvalue weighted by Gasteiger charge is -2.18. The van der Waals surface area contributed by atoms with Crippen molar-refractivity contribution in [2.75, 3.05) is 18.4 Å². The van der Waals surface area contributed by atoms with Crippen molar-refractivity contribution >= 4 is 27.4 Å². The van der Waals surface area contributed by atoms with Crippen LogP contribution in [0, 0.1) is 0 Å². The lowest BCUT2D eigenvalue weighted by molar-refractivity contribution is 0.102. The topological polar surface area (TPSA) is 96.7 Å². The van der Waals surface area contributed by atoms with E-state index in [0.717, 1.165) is 11.3 Å². The third-order valence-corrected chi connectivity index (χ3v) is 7.16. The van der Waals surface area contributed by atoms with Crippen LogP contribution >= 0.6 is 0 Å². The van der Waals surface area contributed by atoms with Gasteiger partial charge in [0.1, 0.15) is 0 Å². The fraction of sp³-hybridized carbons (Fsp3) is 0.174. The molecule has 1 N–H and O–H groups in total. The first kappa shape index (κ1) is 21.7. The van der Waals surface area contributed by atoms with Crippen LogP contribution in [0.5, 0.6) is 0 Å². The second-order valence-electron chi connectivity index (χ2n) is 7.10. The molecule has 0 saturated heterocycles. The highest BCUT2D eigenvalue weighted by Crippen LogP contribution is 2.22. The first-order chi connectivity index (χ1) is 15.4. The van der Waals surface area contributed by atoms with E-state index in [0.29, 0.717) is 24.6 Å². The Labute approximate surface area is 186 Å². The van der Waals surface area contributed by atoms with Gasteiger partial charge in [0.15, 0.2) is 0 Å². The Morgan fingerprint density at radius 2 is 1.81 bits per heavy atom. The zero-order chi connectivity index (χ0) is 22.7. The second kappa shape index (κ2) is 8.89. The average molecular weight is 450 g/mol. The normalized spacial score (nSPS) is 11.7. The molecule has 0 unspecified atom stereocenters. The van der Waals surface area contributed by atoms with Gasteiger partial charge in [-0.15, -0.1) is 0 Å². The van der Waals surface area contributed by atoms with Crippen LogP contribution in [0.2, 0.25) is 0 Å². The molecule has 0 bridgehead atoms. The lowest BCUT2D eigenvalue weighted by Crippen LogP contribution is -2.30. The summed E-state index contributed by atoms with van der Waals surface area (Å²) >= 11 is 0. The monoisotopic (exact) mass is 449 g/mol. The van der Waals surface area contributed by atoms with E-state index >= 15 is 0 Å². The maximum absolute atomic E-state index is 12.7. The van der Waals surface area contributed by atoms with Gasteiger partial charge < -0.3 is 5.32 Å². The molecule has 4 rings (SSSR count). The van der Waals surface area contributed by atoms with Gasteiger partial charge in [0.05, 0.1) is 10.6 Å². The van der Waals surface area contributed by atoms with Crippen molar-refractivity contribution in [2.24, 2.45) is 0 Å². The quantitative estimate of drug-likeness (QED) is 0.464. The van der Waals surface area contributed by atoms with E-state index in [-0.39, 0.29) is 16.4 Å². The summed E-state index contributed by atoms with van der Waals surface area (Å²) < 4.78 is 28.7. The minimum atomic E-state index is -3.64. The number of nitrogens with zero attached hydrogens (tertiary/aromatic N) is 4. The van der Waals surface area contributed by atoms with Gasteiger partial charge in [-0.05, 0) is 36.4 Å². The summed E-state index contributed by atoms with van der Waals surface area (Å²) in [6, 6.07) is 15.2. The molecule has 2 heterocycles. The largest absolute Gasteiger partial charge is 0.322 e. The fourth-order valence-electron chi connectivity index (χ4n) is 3.41. The van der Waals surface area contributed by atoms with Gasteiger partial charge in [-0.1, -0.05) is 32.0 Å². The van der Waals surface area contributed by atoms with Crippen LogP contribution in [0.3, 0.4) is 0 Å². The number of sulfonamides is 1. The summed E-state index contributed by atoms with van der Waals surface area (Å²) in [6.07, 6.45) is 5.45. The van der Waals surface area contributed by atoms with Crippen LogP contribution in [-0.2, 0) is 10.0 Å². The third-order valence-electron chi connectivity index (χ3n) is 5.11. The van der Waals surface area contributed by atoms with E-state index in [1.165, 1.54) is 16.4 Å². The van der Waals surface area contributed by atoms with E-state index in [2.05, 4.69) is 15.3 Å². The molecular weight excluding hydrogens is 426 g/mol. The summed E-state index contributed by atoms with van der Waals surface area (Å²) in [6.45, 7) is 4.29. The van der Waals surface area contributed by atoms with Crippen LogP contribution in [-0.4, -0.2) is 46.1 Å². The van der Waals surface area contributed by atoms with Crippen molar-refractivity contribution in [2.45, 2.75) is 18.7 Å². The summed E-state index contributed by atoms with van der Waals surface area (Å²) in [4.78, 5) is 21.5. The van der Waals surface area contributed by atoms with E-state index in [1.54, 1.807) is 44.3 Å². The summed E-state index contributed by atoms with van der Waals surface area (Å²) in [7, 11) is -3.64. The van der Waals surface area contributed by atoms with Crippen LogP contribution in [0.1, 0.15) is 24.2 Å². The van der Waals surface area contributed by atoms with Gasteiger partial charge in [-0.25, -0.2) is 18.4 Å². The number of anilines is 1. The van der Waals surface area contributed by atoms with Crippen molar-refractivity contribution in [3.63, 3.8) is 0 Å². The number of fused-ring (bicyclic) bond motifs is 1. The molecule has 1 amide bonds. The Kier molecular flexibility index (Phi) is 6.02. The molecule has 32 heavy (non-hydrogen) atoms. The van der Waals surface area contributed by atoms with Gasteiger partial charge in [0.25, 0.3) is 5.91 Å². The number of benzene rings is 2. The zero-order valence-corrected chi connectivity index (χ0v) is 18.6. The number of imidazole rings is 1. The van der Waals surface area contributed by atoms with Crippen LogP contribution in [0.4, 0.5) is 5.69 Å². The van der Waals surface area contributed by atoms with Crippen molar-refractivity contribution in [3.8, 4) is 11.3 Å². The number of carbonyl (C=O) groups is 1. The Bertz CT molecular complexity index is 1330. The standard InChI is InChI=1S/C23H23N5O3S/c1-3-28(4-2)32(30,31)20-8-5-7-18(15-20)22(29)25-19-11-9-17(10-12-19)21-16-27-14-6-13-24-23(27)26-21/h5-16H,3-4H2,1-2H3,(H,25,29). The minimum absolute atomic E-state index is 0.102. The average Bonchev–Trinajstić information content (AvgIpc) is 3.24. The summed E-state index contributed by atoms with van der Waals surface area (Å²) in [5.74, 6) is 0.228. The Morgan fingerprint density at radius 1 is 1.06 bits per heavy atom. The Morgan fingerprint density at radius 3 is 2.50 bits per heavy atom. The van der Waals surface area contributed by atoms with Crippen LogP contribution in [0.15, 0.2) is 78.1 Å². The van der Waals surface area contributed by atoms with E-state index in [9.17, 15) is 13.2 Å². The first-order valence-corrected chi connectivity index (χ1v) is 11.7. The maximum Gasteiger partial charge on any atom is 0.255 e. The number of amides is 1. The molecule has 4 aromatic rings. The van der Waals surface area contributed by atoms with Crippen LogP contribution in [0.25, 0.3) is 17.0 Å². The molecule has 0 radical (unpaired) electrons. The molecule has 0 atom stereocenters. The molecule has 0 spiro atoms. The molecule has 0 aliphatic carbocycles. The van der Waals surface area contributed by atoms with E-state index in [4.69, 9.17) is 0 Å². The predicted octanol–water partition coefficient (Wildman–Crippen LogP) is 3.68. The number of hydrogen-bond donors (Lipinski definition) is 1. The fourth-order valence-corrected chi connectivity index (χ4v) is 4.91. The molecule has 0 saturated carbocycles. The predicted molar refractivity (Wildman–Crippen MR) is 123 cm³/mol. The van der Waals surface area contributed by atoms with Crippen molar-refractivity contribution in [3.05, 3.63) is 78.8 Å². The van der Waals surface area contributed by atoms with Crippen molar-refractivity contribution in [1.29, 1.82) is 0 Å². The van der Waals surface area contributed by atoms with Crippen molar-refractivity contribution in [1.82, 2.24) is 18.7 Å². The molecule has 0 fully saturated rings. The summed E-state index contributed by atoms with van der Waals surface area (Å²) in [5.41, 5.74) is 2.53. The highest BCUT2D eigenvalue weighted by Gasteiger charge is 2.22. The molecule has 164 valence electrons. The maximum atomic E-state index is 12.7.